The van der Waals surface area contributed by atoms with E-state index in [1.807, 2.05) is 47.2 Å². The molecule has 2 aromatic rings. The van der Waals surface area contributed by atoms with E-state index in [2.05, 4.69) is 10.6 Å². The molecule has 0 aliphatic carbocycles. The Kier molecular flexibility index (Phi) is 8.39. The molecule has 0 bridgehead atoms. The van der Waals surface area contributed by atoms with Crippen LogP contribution in [0.2, 0.25) is 0 Å². The van der Waals surface area contributed by atoms with Crippen molar-refractivity contribution in [1.82, 2.24) is 9.80 Å². The second-order valence-electron chi connectivity index (χ2n) is 7.80. The molecule has 1 aliphatic heterocycles. The molecule has 1 saturated heterocycles. The van der Waals surface area contributed by atoms with Crippen LogP contribution >= 0.6 is 11.8 Å². The van der Waals surface area contributed by atoms with Crippen molar-refractivity contribution in [3.8, 4) is 0 Å². The summed E-state index contributed by atoms with van der Waals surface area (Å²) >= 11 is 1.60. The van der Waals surface area contributed by atoms with Crippen LogP contribution in [0.5, 0.6) is 0 Å². The molecule has 0 spiro atoms. The van der Waals surface area contributed by atoms with E-state index in [0.717, 1.165) is 16.6 Å². The van der Waals surface area contributed by atoms with Gasteiger partial charge in [0.2, 0.25) is 11.8 Å². The van der Waals surface area contributed by atoms with Gasteiger partial charge in [-0.2, -0.15) is 13.2 Å². The minimum Gasteiger partial charge on any atom is -0.325 e. The first kappa shape index (κ1) is 25.1. The summed E-state index contributed by atoms with van der Waals surface area (Å²) in [4.78, 5) is 30.0. The van der Waals surface area contributed by atoms with Crippen LogP contribution in [-0.2, 0) is 15.8 Å². The maximum Gasteiger partial charge on any atom is 0.418 e. The molecule has 2 aromatic carbocycles. The minimum atomic E-state index is -4.54. The van der Waals surface area contributed by atoms with Crippen molar-refractivity contribution in [2.24, 2.45) is 0 Å². The number of nitrogens with one attached hydrogen (secondary N) is 2. The molecule has 6 nitrogen and oxygen atoms in total. The predicted octanol–water partition coefficient (Wildman–Crippen LogP) is 4.01. The molecule has 0 aromatic heterocycles. The van der Waals surface area contributed by atoms with Crippen molar-refractivity contribution in [1.29, 1.82) is 0 Å². The zero-order chi connectivity index (χ0) is 24.0. The highest BCUT2D eigenvalue weighted by Gasteiger charge is 2.34. The maximum absolute atomic E-state index is 13.1. The lowest BCUT2D eigenvalue weighted by molar-refractivity contribution is -0.137. The molecule has 1 fully saturated rings. The Morgan fingerprint density at radius 1 is 1.03 bits per heavy atom. The number of para-hydroxylation sites is 1. The number of thioether (sulfide) groups is 1. The molecule has 2 amide bonds. The van der Waals surface area contributed by atoms with E-state index in [0.29, 0.717) is 26.2 Å². The molecule has 0 radical (unpaired) electrons. The fourth-order valence-corrected chi connectivity index (χ4v) is 4.11. The average molecular weight is 481 g/mol. The summed E-state index contributed by atoms with van der Waals surface area (Å²) in [6, 6.07) is 12.2. The van der Waals surface area contributed by atoms with Crippen LogP contribution in [0.3, 0.4) is 0 Å². The first-order valence-corrected chi connectivity index (χ1v) is 11.8. The molecule has 2 N–H and O–H groups in total. The van der Waals surface area contributed by atoms with Crippen molar-refractivity contribution in [2.45, 2.75) is 24.0 Å². The Balaban J connectivity index is 1.48. The highest BCUT2D eigenvalue weighted by molar-refractivity contribution is 7.98. The molecular weight excluding hydrogens is 453 g/mol. The topological polar surface area (TPSA) is 64.7 Å². The van der Waals surface area contributed by atoms with Crippen LogP contribution in [0.15, 0.2) is 53.4 Å². The van der Waals surface area contributed by atoms with E-state index in [-0.39, 0.29) is 24.2 Å². The number of halogens is 3. The van der Waals surface area contributed by atoms with Gasteiger partial charge < -0.3 is 10.6 Å². The first-order valence-electron chi connectivity index (χ1n) is 10.5. The molecule has 10 heteroatoms. The molecular formula is C23H27F3N4O2S. The smallest absolute Gasteiger partial charge is 0.325 e. The van der Waals surface area contributed by atoms with E-state index < -0.39 is 17.6 Å². The van der Waals surface area contributed by atoms with Gasteiger partial charge in [-0.25, -0.2) is 0 Å². The van der Waals surface area contributed by atoms with Gasteiger partial charge in [-0.1, -0.05) is 18.2 Å². The molecule has 178 valence electrons. The van der Waals surface area contributed by atoms with Crippen LogP contribution in [0, 0.1) is 0 Å². The van der Waals surface area contributed by atoms with Gasteiger partial charge in [0.1, 0.15) is 0 Å². The standard InChI is InChI=1S/C23H27F3N4O2S/c1-16(22(32)27-17-6-5-7-18(14-17)33-2)30-12-10-29(11-13-30)15-21(31)28-20-9-4-3-8-19(20)23(24,25)26/h3-9,14,16H,10-13,15H2,1-2H3,(H,27,32)(H,28,31). The molecule has 0 saturated carbocycles. The number of piperazine rings is 1. The zero-order valence-corrected chi connectivity index (χ0v) is 19.3. The number of hydrogen-bond donors (Lipinski definition) is 2. The van der Waals surface area contributed by atoms with Gasteiger partial charge in [0.15, 0.2) is 0 Å². The second kappa shape index (κ2) is 11.0. The van der Waals surface area contributed by atoms with Gasteiger partial charge in [0.25, 0.3) is 0 Å². The number of rotatable bonds is 7. The van der Waals surface area contributed by atoms with E-state index in [9.17, 15) is 22.8 Å². The third-order valence-corrected chi connectivity index (χ3v) is 6.27. The van der Waals surface area contributed by atoms with Gasteiger partial charge >= 0.3 is 6.18 Å². The van der Waals surface area contributed by atoms with Crippen molar-refractivity contribution in [3.05, 3.63) is 54.1 Å². The number of anilines is 2. The lowest BCUT2D eigenvalue weighted by Gasteiger charge is -2.37. The number of carbonyl (C=O) groups excluding carboxylic acids is 2. The number of amides is 2. The molecule has 33 heavy (non-hydrogen) atoms. The first-order chi connectivity index (χ1) is 15.7. The quantitative estimate of drug-likeness (QED) is 0.587. The van der Waals surface area contributed by atoms with Crippen molar-refractivity contribution < 1.29 is 22.8 Å². The Labute approximate surface area is 195 Å². The highest BCUT2D eigenvalue weighted by atomic mass is 32.2. The van der Waals surface area contributed by atoms with Gasteiger partial charge in [0.05, 0.1) is 23.8 Å². The minimum absolute atomic E-state index is 0.0118. The molecule has 1 atom stereocenters. The third kappa shape index (κ3) is 6.96. The maximum atomic E-state index is 13.1. The zero-order valence-electron chi connectivity index (χ0n) is 18.5. The molecule has 3 rings (SSSR count). The fourth-order valence-electron chi connectivity index (χ4n) is 3.65. The second-order valence-corrected chi connectivity index (χ2v) is 8.68. The van der Waals surface area contributed by atoms with Crippen LogP contribution in [0.4, 0.5) is 24.5 Å². The average Bonchev–Trinajstić information content (AvgIpc) is 2.78. The Hall–Kier alpha value is -2.56. The summed E-state index contributed by atoms with van der Waals surface area (Å²) in [6.07, 6.45) is -2.57. The third-order valence-electron chi connectivity index (χ3n) is 5.55. The number of alkyl halides is 3. The number of nitrogens with zero attached hydrogens (tertiary/aromatic N) is 2. The summed E-state index contributed by atoms with van der Waals surface area (Å²) in [5, 5.41) is 5.31. The summed E-state index contributed by atoms with van der Waals surface area (Å²) in [5.41, 5.74) is -0.372. The molecule has 1 unspecified atom stereocenters. The number of hydrogen-bond acceptors (Lipinski definition) is 5. The van der Waals surface area contributed by atoms with E-state index in [4.69, 9.17) is 0 Å². The van der Waals surface area contributed by atoms with Gasteiger partial charge in [-0.3, -0.25) is 19.4 Å². The van der Waals surface area contributed by atoms with Crippen LogP contribution < -0.4 is 10.6 Å². The van der Waals surface area contributed by atoms with Crippen LogP contribution in [-0.4, -0.2) is 66.6 Å². The Morgan fingerprint density at radius 2 is 1.73 bits per heavy atom. The Morgan fingerprint density at radius 3 is 2.39 bits per heavy atom. The van der Waals surface area contributed by atoms with E-state index in [1.54, 1.807) is 11.8 Å². The highest BCUT2D eigenvalue weighted by Crippen LogP contribution is 2.34. The lowest BCUT2D eigenvalue weighted by Crippen LogP contribution is -2.53. The lowest BCUT2D eigenvalue weighted by atomic mass is 10.1. The predicted molar refractivity (Wildman–Crippen MR) is 124 cm³/mol. The summed E-state index contributed by atoms with van der Waals surface area (Å²) in [5.74, 6) is -0.608. The van der Waals surface area contributed by atoms with Crippen LogP contribution in [0.1, 0.15) is 12.5 Å². The molecule has 1 aliphatic rings. The van der Waals surface area contributed by atoms with Gasteiger partial charge in [0, 0.05) is 36.8 Å². The fraction of sp³-hybridized carbons (Fsp3) is 0.391. The summed E-state index contributed by atoms with van der Waals surface area (Å²) < 4.78 is 39.3. The number of benzene rings is 2. The SMILES string of the molecule is CSc1cccc(NC(=O)C(C)N2CCN(CC(=O)Nc3ccccc3C(F)(F)F)CC2)c1. The van der Waals surface area contributed by atoms with E-state index >= 15 is 0 Å². The summed E-state index contributed by atoms with van der Waals surface area (Å²) in [6.45, 7) is 4.05. The summed E-state index contributed by atoms with van der Waals surface area (Å²) in [7, 11) is 0. The van der Waals surface area contributed by atoms with Crippen LogP contribution in [0.25, 0.3) is 0 Å². The van der Waals surface area contributed by atoms with Crippen molar-refractivity contribution in [2.75, 3.05) is 49.6 Å². The van der Waals surface area contributed by atoms with Gasteiger partial charge in [-0.15, -0.1) is 11.8 Å². The van der Waals surface area contributed by atoms with E-state index in [1.165, 1.54) is 18.2 Å². The van der Waals surface area contributed by atoms with Gasteiger partial charge in [-0.05, 0) is 43.5 Å². The van der Waals surface area contributed by atoms with Crippen molar-refractivity contribution >= 4 is 35.0 Å². The van der Waals surface area contributed by atoms with Crippen molar-refractivity contribution in [3.63, 3.8) is 0 Å². The monoisotopic (exact) mass is 480 g/mol. The Bertz CT molecular complexity index is 978. The number of carbonyl (C=O) groups is 2. The normalized spacial score (nSPS) is 16.3. The molecule has 1 heterocycles. The largest absolute Gasteiger partial charge is 0.418 e.